The van der Waals surface area contributed by atoms with Crippen LogP contribution in [0.4, 0.5) is 5.69 Å². The van der Waals surface area contributed by atoms with Gasteiger partial charge in [0.15, 0.2) is 5.11 Å². The van der Waals surface area contributed by atoms with Crippen LogP contribution in [0.2, 0.25) is 0 Å². The predicted molar refractivity (Wildman–Crippen MR) is 91.0 cm³/mol. The Balaban J connectivity index is 1.59. The highest BCUT2D eigenvalue weighted by Crippen LogP contribution is 2.15. The van der Waals surface area contributed by atoms with E-state index in [2.05, 4.69) is 28.3 Å². The Hall–Kier alpha value is -1.72. The molecule has 0 aliphatic heterocycles. The first-order valence-corrected chi connectivity index (χ1v) is 7.77. The zero-order chi connectivity index (χ0) is 14.0. The molecule has 0 bridgehead atoms. The summed E-state index contributed by atoms with van der Waals surface area (Å²) < 4.78 is 0. The van der Waals surface area contributed by atoms with E-state index in [0.717, 1.165) is 18.0 Å². The number of thiocarbonyl (C=S) groups is 1. The van der Waals surface area contributed by atoms with Crippen LogP contribution in [-0.4, -0.2) is 17.4 Å². The molecule has 2 rings (SSSR count). The zero-order valence-corrected chi connectivity index (χ0v) is 12.6. The van der Waals surface area contributed by atoms with Crippen molar-refractivity contribution in [1.29, 1.82) is 0 Å². The SMILES string of the molecule is S=C(NCCSc1ccccc1)NNc1ccccc1. The lowest BCUT2D eigenvalue weighted by Gasteiger charge is -2.12. The minimum atomic E-state index is 0.600. The van der Waals surface area contributed by atoms with Gasteiger partial charge < -0.3 is 5.32 Å². The van der Waals surface area contributed by atoms with Gasteiger partial charge in [-0.05, 0) is 36.5 Å². The monoisotopic (exact) mass is 303 g/mol. The van der Waals surface area contributed by atoms with Crippen molar-refractivity contribution >= 4 is 34.8 Å². The maximum atomic E-state index is 5.19. The van der Waals surface area contributed by atoms with Crippen molar-refractivity contribution in [2.24, 2.45) is 0 Å². The van der Waals surface area contributed by atoms with Gasteiger partial charge >= 0.3 is 0 Å². The summed E-state index contributed by atoms with van der Waals surface area (Å²) >= 11 is 7.00. The quantitative estimate of drug-likeness (QED) is 0.330. The summed E-state index contributed by atoms with van der Waals surface area (Å²) in [7, 11) is 0. The number of thioether (sulfide) groups is 1. The van der Waals surface area contributed by atoms with Gasteiger partial charge in [0.1, 0.15) is 0 Å². The fourth-order valence-electron chi connectivity index (χ4n) is 1.54. The van der Waals surface area contributed by atoms with Gasteiger partial charge in [-0.15, -0.1) is 11.8 Å². The Morgan fingerprint density at radius 2 is 1.60 bits per heavy atom. The number of hydrogen-bond acceptors (Lipinski definition) is 3. The molecule has 3 N–H and O–H groups in total. The van der Waals surface area contributed by atoms with E-state index >= 15 is 0 Å². The van der Waals surface area contributed by atoms with Crippen molar-refractivity contribution in [3.05, 3.63) is 60.7 Å². The summed E-state index contributed by atoms with van der Waals surface area (Å²) in [4.78, 5) is 1.27. The molecular weight excluding hydrogens is 286 g/mol. The van der Waals surface area contributed by atoms with Crippen LogP contribution in [0.3, 0.4) is 0 Å². The molecule has 0 amide bonds. The Morgan fingerprint density at radius 1 is 0.950 bits per heavy atom. The highest BCUT2D eigenvalue weighted by Gasteiger charge is 1.96. The fraction of sp³-hybridized carbons (Fsp3) is 0.133. The van der Waals surface area contributed by atoms with Crippen molar-refractivity contribution in [2.45, 2.75) is 4.90 Å². The Labute approximate surface area is 129 Å². The van der Waals surface area contributed by atoms with E-state index < -0.39 is 0 Å². The van der Waals surface area contributed by atoms with Gasteiger partial charge in [-0.1, -0.05) is 36.4 Å². The normalized spacial score (nSPS) is 9.80. The van der Waals surface area contributed by atoms with Crippen molar-refractivity contribution in [3.8, 4) is 0 Å². The molecule has 3 nitrogen and oxygen atoms in total. The number of para-hydroxylation sites is 1. The molecule has 0 heterocycles. The lowest BCUT2D eigenvalue weighted by Crippen LogP contribution is -2.39. The number of nitrogens with one attached hydrogen (secondary N) is 3. The number of hydrogen-bond donors (Lipinski definition) is 3. The average molecular weight is 303 g/mol. The molecular formula is C15H17N3S2. The number of rotatable bonds is 6. The minimum absolute atomic E-state index is 0.600. The maximum Gasteiger partial charge on any atom is 0.185 e. The van der Waals surface area contributed by atoms with Crippen LogP contribution in [-0.2, 0) is 0 Å². The largest absolute Gasteiger partial charge is 0.361 e. The second kappa shape index (κ2) is 8.45. The van der Waals surface area contributed by atoms with Gasteiger partial charge in [0.2, 0.25) is 0 Å². The second-order valence-electron chi connectivity index (χ2n) is 4.03. The van der Waals surface area contributed by atoms with Crippen LogP contribution in [0, 0.1) is 0 Å². The van der Waals surface area contributed by atoms with E-state index in [4.69, 9.17) is 12.2 Å². The van der Waals surface area contributed by atoms with E-state index in [1.54, 1.807) is 11.8 Å². The molecule has 5 heteroatoms. The summed E-state index contributed by atoms with van der Waals surface area (Å²) in [6.07, 6.45) is 0. The molecule has 104 valence electrons. The molecule has 0 atom stereocenters. The predicted octanol–water partition coefficient (Wildman–Crippen LogP) is 3.27. The number of hydrazine groups is 1. The molecule has 0 radical (unpaired) electrons. The Morgan fingerprint density at radius 3 is 2.30 bits per heavy atom. The number of benzene rings is 2. The van der Waals surface area contributed by atoms with Gasteiger partial charge in [-0.3, -0.25) is 10.9 Å². The minimum Gasteiger partial charge on any atom is -0.361 e. The molecule has 0 saturated heterocycles. The van der Waals surface area contributed by atoms with Crippen LogP contribution in [0.1, 0.15) is 0 Å². The summed E-state index contributed by atoms with van der Waals surface area (Å²) in [5.74, 6) is 0.969. The molecule has 2 aromatic rings. The van der Waals surface area contributed by atoms with E-state index in [1.165, 1.54) is 4.90 Å². The summed E-state index contributed by atoms with van der Waals surface area (Å²) in [6, 6.07) is 20.2. The lowest BCUT2D eigenvalue weighted by molar-refractivity contribution is 0.935. The van der Waals surface area contributed by atoms with Crippen molar-refractivity contribution in [1.82, 2.24) is 10.7 Å². The van der Waals surface area contributed by atoms with Crippen molar-refractivity contribution in [3.63, 3.8) is 0 Å². The first-order chi connectivity index (χ1) is 9.84. The van der Waals surface area contributed by atoms with Gasteiger partial charge in [0.05, 0.1) is 5.69 Å². The molecule has 0 aliphatic rings. The van der Waals surface area contributed by atoms with Crippen molar-refractivity contribution in [2.75, 3.05) is 17.7 Å². The van der Waals surface area contributed by atoms with Gasteiger partial charge in [-0.25, -0.2) is 0 Å². The molecule has 0 spiro atoms. The molecule has 0 aromatic heterocycles. The molecule has 20 heavy (non-hydrogen) atoms. The molecule has 0 unspecified atom stereocenters. The summed E-state index contributed by atoms with van der Waals surface area (Å²) in [5, 5.41) is 3.76. The summed E-state index contributed by atoms with van der Waals surface area (Å²) in [5.41, 5.74) is 6.98. The third-order valence-corrected chi connectivity index (χ3v) is 3.75. The van der Waals surface area contributed by atoms with Crippen molar-refractivity contribution < 1.29 is 0 Å². The first-order valence-electron chi connectivity index (χ1n) is 6.37. The first kappa shape index (κ1) is 14.7. The number of anilines is 1. The van der Waals surface area contributed by atoms with Crippen LogP contribution < -0.4 is 16.2 Å². The van der Waals surface area contributed by atoms with E-state index in [1.807, 2.05) is 48.5 Å². The average Bonchev–Trinajstić information content (AvgIpc) is 2.52. The second-order valence-corrected chi connectivity index (χ2v) is 5.61. The van der Waals surface area contributed by atoms with Gasteiger partial charge in [0.25, 0.3) is 0 Å². The third-order valence-electron chi connectivity index (χ3n) is 2.49. The Bertz CT molecular complexity index is 517. The van der Waals surface area contributed by atoms with Crippen LogP contribution >= 0.6 is 24.0 Å². The van der Waals surface area contributed by atoms with Gasteiger partial charge in [0, 0.05) is 17.2 Å². The van der Waals surface area contributed by atoms with Crippen LogP contribution in [0.15, 0.2) is 65.6 Å². The highest BCUT2D eigenvalue weighted by molar-refractivity contribution is 7.99. The third kappa shape index (κ3) is 5.50. The lowest BCUT2D eigenvalue weighted by atomic mass is 10.3. The molecule has 0 saturated carbocycles. The smallest absolute Gasteiger partial charge is 0.185 e. The van der Waals surface area contributed by atoms with Crippen LogP contribution in [0.5, 0.6) is 0 Å². The fourth-order valence-corrected chi connectivity index (χ4v) is 2.49. The summed E-state index contributed by atoms with van der Waals surface area (Å²) in [6.45, 7) is 0.821. The highest BCUT2D eigenvalue weighted by atomic mass is 32.2. The van der Waals surface area contributed by atoms with Crippen LogP contribution in [0.25, 0.3) is 0 Å². The van der Waals surface area contributed by atoms with E-state index in [9.17, 15) is 0 Å². The molecule has 0 fully saturated rings. The zero-order valence-electron chi connectivity index (χ0n) is 11.0. The maximum absolute atomic E-state index is 5.19. The standard InChI is InChI=1S/C15H17N3S2/c19-15(18-17-13-7-3-1-4-8-13)16-11-12-20-14-9-5-2-6-10-14/h1-10,17H,11-12H2,(H2,16,18,19). The van der Waals surface area contributed by atoms with E-state index in [0.29, 0.717) is 5.11 Å². The van der Waals surface area contributed by atoms with Gasteiger partial charge in [-0.2, -0.15) is 0 Å². The Kier molecular flexibility index (Phi) is 6.20. The topological polar surface area (TPSA) is 36.1 Å². The molecule has 0 aliphatic carbocycles. The molecule has 2 aromatic carbocycles. The van der Waals surface area contributed by atoms with E-state index in [-0.39, 0.29) is 0 Å².